The predicted molar refractivity (Wildman–Crippen MR) is 154 cm³/mol. The first-order valence-electron chi connectivity index (χ1n) is 15.5. The maximum atomic E-state index is 14.2. The van der Waals surface area contributed by atoms with Gasteiger partial charge in [0.2, 0.25) is 0 Å². The normalized spacial score (nSPS) is 35.1. The monoisotopic (exact) mass is 570 g/mol. The number of ether oxygens (including phenoxy) is 7. The molecule has 4 bridgehead atoms. The van der Waals surface area contributed by atoms with E-state index in [0.717, 1.165) is 6.42 Å². The van der Waals surface area contributed by atoms with Crippen molar-refractivity contribution in [3.63, 3.8) is 0 Å². The summed E-state index contributed by atoms with van der Waals surface area (Å²) in [5, 5.41) is 0. The first kappa shape index (κ1) is 33.7. The van der Waals surface area contributed by atoms with Crippen molar-refractivity contribution >= 4 is 5.97 Å². The molecule has 0 amide bonds. The van der Waals surface area contributed by atoms with Crippen LogP contribution in [-0.4, -0.2) is 67.1 Å². The molecule has 0 aliphatic heterocycles. The molecule has 234 valence electrons. The van der Waals surface area contributed by atoms with Gasteiger partial charge in [-0.05, 0) is 66.2 Å². The predicted octanol–water partition coefficient (Wildman–Crippen LogP) is 6.77. The summed E-state index contributed by atoms with van der Waals surface area (Å²) in [7, 11) is 0. The Morgan fingerprint density at radius 3 is 1.43 bits per heavy atom. The zero-order chi connectivity index (χ0) is 30.2. The second kappa shape index (κ2) is 12.1. The zero-order valence-corrected chi connectivity index (χ0v) is 27.4. The van der Waals surface area contributed by atoms with E-state index in [0.29, 0.717) is 51.9 Å². The second-order valence-electron chi connectivity index (χ2n) is 14.4. The van der Waals surface area contributed by atoms with Gasteiger partial charge in [-0.25, -0.2) is 0 Å². The van der Waals surface area contributed by atoms with E-state index < -0.39 is 46.7 Å². The van der Waals surface area contributed by atoms with Crippen LogP contribution in [0.5, 0.6) is 0 Å². The average molecular weight is 571 g/mol. The fourth-order valence-electron chi connectivity index (χ4n) is 8.15. The molecule has 0 aromatic rings. The Balaban J connectivity index is 2.07. The van der Waals surface area contributed by atoms with Crippen LogP contribution in [0.15, 0.2) is 0 Å². The summed E-state index contributed by atoms with van der Waals surface area (Å²) in [6, 6.07) is 0. The molecule has 8 nitrogen and oxygen atoms in total. The van der Waals surface area contributed by atoms with Crippen molar-refractivity contribution in [2.75, 3.05) is 19.8 Å². The maximum absolute atomic E-state index is 14.2. The zero-order valence-electron chi connectivity index (χ0n) is 27.4. The van der Waals surface area contributed by atoms with E-state index in [4.69, 9.17) is 33.2 Å². The molecule has 4 rings (SSSR count). The molecule has 0 aromatic carbocycles. The minimum atomic E-state index is -0.800. The largest absolute Gasteiger partial charge is 0.458 e. The molecule has 0 aromatic heterocycles. The SMILES string of the molecule is CCOC(C)OC12CC3(OC(=O)C(C)(CC(C)(C)C)C(C)C)CC(OC(C)OCC)(C1)C(OC(C)OCC)(C3)C2. The molecule has 6 unspecified atom stereocenters. The van der Waals surface area contributed by atoms with Gasteiger partial charge in [0.25, 0.3) is 0 Å². The summed E-state index contributed by atoms with van der Waals surface area (Å²) in [5.41, 5.74) is -3.65. The Labute approximate surface area is 243 Å². The highest BCUT2D eigenvalue weighted by Crippen LogP contribution is 2.71. The Kier molecular flexibility index (Phi) is 10.2. The third-order valence-corrected chi connectivity index (χ3v) is 9.26. The number of hydrogen-bond acceptors (Lipinski definition) is 8. The molecular weight excluding hydrogens is 512 g/mol. The molecule has 6 atom stereocenters. The van der Waals surface area contributed by atoms with E-state index in [1.807, 2.05) is 48.5 Å². The Morgan fingerprint density at radius 1 is 0.650 bits per heavy atom. The summed E-state index contributed by atoms with van der Waals surface area (Å²) in [5.74, 6) is -0.0473. The molecule has 4 saturated carbocycles. The van der Waals surface area contributed by atoms with E-state index in [1.54, 1.807) is 0 Å². The molecule has 4 aliphatic rings. The lowest BCUT2D eigenvalue weighted by Crippen LogP contribution is -2.55. The van der Waals surface area contributed by atoms with Gasteiger partial charge in [0.15, 0.2) is 18.9 Å². The van der Waals surface area contributed by atoms with Gasteiger partial charge >= 0.3 is 5.97 Å². The van der Waals surface area contributed by atoms with Crippen LogP contribution in [0, 0.1) is 16.7 Å². The minimum absolute atomic E-state index is 0.0333. The van der Waals surface area contributed by atoms with Crippen LogP contribution in [0.25, 0.3) is 0 Å². The topological polar surface area (TPSA) is 81.7 Å². The van der Waals surface area contributed by atoms with E-state index >= 15 is 0 Å². The van der Waals surface area contributed by atoms with Crippen molar-refractivity contribution in [2.45, 2.75) is 163 Å². The molecule has 8 heteroatoms. The first-order chi connectivity index (χ1) is 18.4. The van der Waals surface area contributed by atoms with Crippen LogP contribution < -0.4 is 0 Å². The Bertz CT molecular complexity index is 835. The van der Waals surface area contributed by atoms with Crippen molar-refractivity contribution in [3.05, 3.63) is 0 Å². The highest BCUT2D eigenvalue weighted by Gasteiger charge is 2.81. The van der Waals surface area contributed by atoms with Gasteiger partial charge in [-0.3, -0.25) is 4.79 Å². The number of carbonyl (C=O) groups excluding carboxylic acids is 1. The van der Waals surface area contributed by atoms with Crippen LogP contribution in [0.1, 0.15) is 122 Å². The third-order valence-electron chi connectivity index (χ3n) is 9.26. The average Bonchev–Trinajstić information content (AvgIpc) is 3.05. The molecule has 0 radical (unpaired) electrons. The van der Waals surface area contributed by atoms with Crippen LogP contribution in [0.2, 0.25) is 0 Å². The summed E-state index contributed by atoms with van der Waals surface area (Å²) >= 11 is 0. The fraction of sp³-hybridized carbons (Fsp3) is 0.969. The van der Waals surface area contributed by atoms with E-state index in [2.05, 4.69) is 34.6 Å². The molecular formula is C32H58O8. The van der Waals surface area contributed by atoms with Crippen LogP contribution in [-0.2, 0) is 38.0 Å². The molecule has 40 heavy (non-hydrogen) atoms. The van der Waals surface area contributed by atoms with Gasteiger partial charge in [-0.1, -0.05) is 34.6 Å². The molecule has 0 N–H and O–H groups in total. The first-order valence-corrected chi connectivity index (χ1v) is 15.5. The second-order valence-corrected chi connectivity index (χ2v) is 14.4. The highest BCUT2D eigenvalue weighted by molar-refractivity contribution is 5.77. The fourth-order valence-corrected chi connectivity index (χ4v) is 8.15. The van der Waals surface area contributed by atoms with E-state index in [9.17, 15) is 4.79 Å². The van der Waals surface area contributed by atoms with Crippen molar-refractivity contribution < 1.29 is 38.0 Å². The van der Waals surface area contributed by atoms with E-state index in [1.165, 1.54) is 0 Å². The van der Waals surface area contributed by atoms with Gasteiger partial charge in [0, 0.05) is 51.9 Å². The maximum Gasteiger partial charge on any atom is 0.312 e. The lowest BCUT2D eigenvalue weighted by molar-refractivity contribution is -0.286. The van der Waals surface area contributed by atoms with Crippen LogP contribution in [0.4, 0.5) is 0 Å². The molecule has 0 spiro atoms. The van der Waals surface area contributed by atoms with Crippen LogP contribution in [0.3, 0.4) is 0 Å². The smallest absolute Gasteiger partial charge is 0.312 e. The van der Waals surface area contributed by atoms with Crippen molar-refractivity contribution in [3.8, 4) is 0 Å². The third kappa shape index (κ3) is 6.73. The van der Waals surface area contributed by atoms with Gasteiger partial charge in [0.1, 0.15) is 16.8 Å². The Morgan fingerprint density at radius 2 is 1.05 bits per heavy atom. The van der Waals surface area contributed by atoms with E-state index in [-0.39, 0.29) is 17.3 Å². The standard InChI is InChI=1S/C32H58O8/c1-13-34-23(6)37-29-17-30(40-26(33)28(12,22(4)5)16-27(9,10)11)20-31(18-29,38-24(7)35-14-2)32(19-29,21-30)39-25(8)36-15-3/h22-25H,13-21H2,1-12H3. The Hall–Kier alpha value is -0.770. The number of rotatable bonds is 16. The van der Waals surface area contributed by atoms with Crippen molar-refractivity contribution in [1.82, 2.24) is 0 Å². The van der Waals surface area contributed by atoms with Gasteiger partial charge < -0.3 is 33.2 Å². The summed E-state index contributed by atoms with van der Waals surface area (Å²) in [6.45, 7) is 26.0. The lowest BCUT2D eigenvalue weighted by atomic mass is 9.68. The summed E-state index contributed by atoms with van der Waals surface area (Å²) in [6.07, 6.45) is 2.24. The van der Waals surface area contributed by atoms with Crippen LogP contribution >= 0.6 is 0 Å². The summed E-state index contributed by atoms with van der Waals surface area (Å²) < 4.78 is 44.7. The summed E-state index contributed by atoms with van der Waals surface area (Å²) in [4.78, 5) is 14.2. The molecule has 0 saturated heterocycles. The minimum Gasteiger partial charge on any atom is -0.458 e. The molecule has 4 aliphatic carbocycles. The number of esters is 1. The molecule has 0 heterocycles. The number of carbonyl (C=O) groups is 1. The number of hydrogen-bond donors (Lipinski definition) is 0. The molecule has 4 fully saturated rings. The van der Waals surface area contributed by atoms with Crippen molar-refractivity contribution in [1.29, 1.82) is 0 Å². The van der Waals surface area contributed by atoms with Gasteiger partial charge in [0.05, 0.1) is 11.0 Å². The van der Waals surface area contributed by atoms with Crippen molar-refractivity contribution in [2.24, 2.45) is 16.7 Å². The lowest BCUT2D eigenvalue weighted by Gasteiger charge is -2.49. The van der Waals surface area contributed by atoms with Gasteiger partial charge in [-0.15, -0.1) is 0 Å². The van der Waals surface area contributed by atoms with Gasteiger partial charge in [-0.2, -0.15) is 0 Å². The quantitative estimate of drug-likeness (QED) is 0.149. The highest BCUT2D eigenvalue weighted by atomic mass is 16.7.